The predicted octanol–water partition coefficient (Wildman–Crippen LogP) is 2.81. The molecule has 0 unspecified atom stereocenters. The lowest BCUT2D eigenvalue weighted by Crippen LogP contribution is -2.44. The van der Waals surface area contributed by atoms with Gasteiger partial charge in [-0.3, -0.25) is 4.79 Å². The van der Waals surface area contributed by atoms with Gasteiger partial charge in [-0.15, -0.1) is 0 Å². The van der Waals surface area contributed by atoms with E-state index in [0.717, 1.165) is 18.9 Å². The molecule has 0 spiro atoms. The van der Waals surface area contributed by atoms with Crippen molar-refractivity contribution in [2.45, 2.75) is 25.3 Å². The van der Waals surface area contributed by atoms with E-state index in [1.54, 1.807) is 6.07 Å². The summed E-state index contributed by atoms with van der Waals surface area (Å²) in [5.74, 6) is -1.53. The van der Waals surface area contributed by atoms with Gasteiger partial charge in [0.1, 0.15) is 0 Å². The number of rotatable bonds is 5. The van der Waals surface area contributed by atoms with Crippen LogP contribution in [0, 0.1) is 17.6 Å². The van der Waals surface area contributed by atoms with Crippen molar-refractivity contribution in [1.29, 1.82) is 0 Å². The van der Waals surface area contributed by atoms with Gasteiger partial charge in [0.15, 0.2) is 11.6 Å². The first-order valence-electron chi connectivity index (χ1n) is 6.97. The van der Waals surface area contributed by atoms with Crippen LogP contribution in [0.3, 0.4) is 0 Å². The van der Waals surface area contributed by atoms with Crippen LogP contribution in [0.1, 0.15) is 18.4 Å². The molecule has 1 amide bonds. The van der Waals surface area contributed by atoms with Crippen LogP contribution in [-0.4, -0.2) is 30.5 Å². The Morgan fingerprint density at radius 2 is 2.05 bits per heavy atom. The Kier molecular flexibility index (Phi) is 6.11. The number of benzene rings is 1. The predicted molar refractivity (Wildman–Crippen MR) is 79.3 cm³/mol. The van der Waals surface area contributed by atoms with Gasteiger partial charge in [-0.1, -0.05) is 22.0 Å². The molecule has 1 fully saturated rings. The zero-order valence-electron chi connectivity index (χ0n) is 11.6. The van der Waals surface area contributed by atoms with Crippen molar-refractivity contribution in [3.05, 3.63) is 35.4 Å². The minimum Gasteiger partial charge on any atom is -0.381 e. The lowest BCUT2D eigenvalue weighted by atomic mass is 9.87. The van der Waals surface area contributed by atoms with Crippen molar-refractivity contribution in [2.75, 3.05) is 18.5 Å². The summed E-state index contributed by atoms with van der Waals surface area (Å²) in [6, 6.07) is 3.79. The van der Waals surface area contributed by atoms with Gasteiger partial charge >= 0.3 is 0 Å². The van der Waals surface area contributed by atoms with Crippen LogP contribution < -0.4 is 5.32 Å². The van der Waals surface area contributed by atoms with E-state index in [9.17, 15) is 13.6 Å². The first-order chi connectivity index (χ1) is 10.1. The molecule has 21 heavy (non-hydrogen) atoms. The molecule has 0 radical (unpaired) electrons. The number of carbonyl (C=O) groups is 1. The summed E-state index contributed by atoms with van der Waals surface area (Å²) < 4.78 is 31.6. The molecule has 3 nitrogen and oxygen atoms in total. The van der Waals surface area contributed by atoms with Crippen LogP contribution in [0.15, 0.2) is 18.2 Å². The molecule has 1 saturated heterocycles. The van der Waals surface area contributed by atoms with Crippen molar-refractivity contribution in [1.82, 2.24) is 5.32 Å². The maximum Gasteiger partial charge on any atom is 0.230 e. The van der Waals surface area contributed by atoms with E-state index in [1.165, 1.54) is 6.07 Å². The summed E-state index contributed by atoms with van der Waals surface area (Å²) in [6.45, 7) is 1.34. The molecule has 1 N–H and O–H groups in total. The Bertz CT molecular complexity index is 493. The van der Waals surface area contributed by atoms with Crippen LogP contribution in [0.2, 0.25) is 0 Å². The van der Waals surface area contributed by atoms with Gasteiger partial charge in [0.25, 0.3) is 0 Å². The molecule has 116 valence electrons. The quantitative estimate of drug-likeness (QED) is 0.819. The van der Waals surface area contributed by atoms with Gasteiger partial charge in [0.2, 0.25) is 5.91 Å². The second-order valence-corrected chi connectivity index (χ2v) is 5.77. The molecule has 1 aromatic carbocycles. The van der Waals surface area contributed by atoms with Gasteiger partial charge in [-0.05, 0) is 42.9 Å². The SMILES string of the molecule is O=C(CBr)N[C@@H](Cc1ccc(F)c(F)c1)C1CCOCC1. The summed E-state index contributed by atoms with van der Waals surface area (Å²) in [6.07, 6.45) is 2.20. The number of amides is 1. The number of ether oxygens (including phenoxy) is 1. The zero-order valence-corrected chi connectivity index (χ0v) is 13.2. The number of hydrogen-bond acceptors (Lipinski definition) is 2. The number of halogens is 3. The average molecular weight is 362 g/mol. The lowest BCUT2D eigenvalue weighted by molar-refractivity contribution is -0.119. The van der Waals surface area contributed by atoms with E-state index < -0.39 is 11.6 Å². The fourth-order valence-corrected chi connectivity index (χ4v) is 2.78. The van der Waals surface area contributed by atoms with E-state index in [4.69, 9.17) is 4.74 Å². The van der Waals surface area contributed by atoms with Crippen molar-refractivity contribution in [3.63, 3.8) is 0 Å². The maximum atomic E-state index is 13.3. The van der Waals surface area contributed by atoms with Crippen LogP contribution in [0.25, 0.3) is 0 Å². The summed E-state index contributed by atoms with van der Waals surface area (Å²) in [5, 5.41) is 3.19. The number of carbonyl (C=O) groups excluding carboxylic acids is 1. The first-order valence-corrected chi connectivity index (χ1v) is 8.09. The molecule has 1 aliphatic rings. The van der Waals surface area contributed by atoms with Crippen molar-refractivity contribution in [3.8, 4) is 0 Å². The largest absolute Gasteiger partial charge is 0.381 e. The molecule has 1 aliphatic heterocycles. The van der Waals surface area contributed by atoms with Crippen molar-refractivity contribution < 1.29 is 18.3 Å². The van der Waals surface area contributed by atoms with Crippen LogP contribution >= 0.6 is 15.9 Å². The molecule has 1 heterocycles. The van der Waals surface area contributed by atoms with Gasteiger partial charge in [0.05, 0.1) is 5.33 Å². The monoisotopic (exact) mass is 361 g/mol. The van der Waals surface area contributed by atoms with E-state index >= 15 is 0 Å². The molecule has 0 bridgehead atoms. The molecular formula is C15H18BrF2NO2. The van der Waals surface area contributed by atoms with Gasteiger partial charge in [-0.25, -0.2) is 8.78 Å². The van der Waals surface area contributed by atoms with Crippen LogP contribution in [0.5, 0.6) is 0 Å². The van der Waals surface area contributed by atoms with Gasteiger partial charge in [0, 0.05) is 19.3 Å². The Morgan fingerprint density at radius 3 is 2.67 bits per heavy atom. The molecule has 0 saturated carbocycles. The van der Waals surface area contributed by atoms with Crippen LogP contribution in [-0.2, 0) is 16.0 Å². The third-order valence-corrected chi connectivity index (χ3v) is 4.25. The van der Waals surface area contributed by atoms with Crippen molar-refractivity contribution in [2.24, 2.45) is 5.92 Å². The fourth-order valence-electron chi connectivity index (χ4n) is 2.62. The molecule has 6 heteroatoms. The van der Waals surface area contributed by atoms with E-state index in [0.29, 0.717) is 25.2 Å². The molecule has 0 aromatic heterocycles. The van der Waals surface area contributed by atoms with Crippen molar-refractivity contribution >= 4 is 21.8 Å². The Morgan fingerprint density at radius 1 is 1.33 bits per heavy atom. The highest BCUT2D eigenvalue weighted by molar-refractivity contribution is 9.09. The highest BCUT2D eigenvalue weighted by Crippen LogP contribution is 2.22. The summed E-state index contributed by atoms with van der Waals surface area (Å²) in [7, 11) is 0. The zero-order chi connectivity index (χ0) is 15.2. The average Bonchev–Trinajstić information content (AvgIpc) is 2.51. The topological polar surface area (TPSA) is 38.3 Å². The number of nitrogens with one attached hydrogen (secondary N) is 1. The van der Waals surface area contributed by atoms with E-state index in [-0.39, 0.29) is 23.2 Å². The normalized spacial score (nSPS) is 17.5. The third kappa shape index (κ3) is 4.74. The molecule has 0 aliphatic carbocycles. The molecule has 1 aromatic rings. The molecular weight excluding hydrogens is 344 g/mol. The molecule has 2 rings (SSSR count). The van der Waals surface area contributed by atoms with E-state index in [1.807, 2.05) is 0 Å². The third-order valence-electron chi connectivity index (χ3n) is 3.74. The second kappa shape index (κ2) is 7.84. The minimum absolute atomic E-state index is 0.0937. The lowest BCUT2D eigenvalue weighted by Gasteiger charge is -2.31. The number of hydrogen-bond donors (Lipinski definition) is 1. The fraction of sp³-hybridized carbons (Fsp3) is 0.533. The summed E-state index contributed by atoms with van der Waals surface area (Å²) in [4.78, 5) is 11.7. The first kappa shape index (κ1) is 16.4. The summed E-state index contributed by atoms with van der Waals surface area (Å²) >= 11 is 3.13. The standard InChI is InChI=1S/C15H18BrF2NO2/c16-9-15(20)19-14(11-3-5-21-6-4-11)8-10-1-2-12(17)13(18)7-10/h1-2,7,11,14H,3-6,8-9H2,(H,19,20)/t14-/m0/s1. The highest BCUT2D eigenvalue weighted by Gasteiger charge is 2.25. The highest BCUT2D eigenvalue weighted by atomic mass is 79.9. The molecule has 1 atom stereocenters. The Labute approximate surface area is 131 Å². The Hall–Kier alpha value is -1.01. The smallest absolute Gasteiger partial charge is 0.230 e. The van der Waals surface area contributed by atoms with Crippen LogP contribution in [0.4, 0.5) is 8.78 Å². The summed E-state index contributed by atoms with van der Waals surface area (Å²) in [5.41, 5.74) is 0.681. The minimum atomic E-state index is -0.856. The second-order valence-electron chi connectivity index (χ2n) is 5.21. The Balaban J connectivity index is 2.09. The maximum absolute atomic E-state index is 13.3. The van der Waals surface area contributed by atoms with E-state index in [2.05, 4.69) is 21.2 Å². The van der Waals surface area contributed by atoms with Gasteiger partial charge in [-0.2, -0.15) is 0 Å². The van der Waals surface area contributed by atoms with Gasteiger partial charge < -0.3 is 10.1 Å². The number of alkyl halides is 1.